The number of aliphatic hydroxyl groups excluding tert-OH is 1. The molecule has 18 heavy (non-hydrogen) atoms. The maximum absolute atomic E-state index is 13.0. The third-order valence-corrected chi connectivity index (χ3v) is 2.71. The van der Waals surface area contributed by atoms with Crippen LogP contribution in [0.5, 0.6) is 0 Å². The molecule has 0 unspecified atom stereocenters. The lowest BCUT2D eigenvalue weighted by Crippen LogP contribution is -2.29. The Hall–Kier alpha value is -1.69. The van der Waals surface area contributed by atoms with Crippen LogP contribution in [0.1, 0.15) is 17.2 Å². The number of aliphatic hydroxyl groups is 1. The molecule has 0 spiro atoms. The van der Waals surface area contributed by atoms with Gasteiger partial charge in [-0.15, -0.1) is 0 Å². The Kier molecular flexibility index (Phi) is 3.76. The van der Waals surface area contributed by atoms with Crippen molar-refractivity contribution in [1.29, 1.82) is 0 Å². The van der Waals surface area contributed by atoms with Crippen LogP contribution in [0.4, 0.5) is 4.39 Å². The monoisotopic (exact) mass is 246 g/mol. The van der Waals surface area contributed by atoms with E-state index in [0.717, 1.165) is 0 Å². The van der Waals surface area contributed by atoms with E-state index in [-0.39, 0.29) is 0 Å². The van der Waals surface area contributed by atoms with Crippen molar-refractivity contribution in [2.24, 2.45) is 0 Å². The smallest absolute Gasteiger partial charge is 0.423 e. The van der Waals surface area contributed by atoms with Crippen LogP contribution in [0.15, 0.2) is 48.5 Å². The Morgan fingerprint density at radius 2 is 1.61 bits per heavy atom. The number of hydrogen-bond donors (Lipinski definition) is 3. The first-order valence-electron chi connectivity index (χ1n) is 5.47. The van der Waals surface area contributed by atoms with Gasteiger partial charge in [-0.2, -0.15) is 0 Å². The van der Waals surface area contributed by atoms with Crippen LogP contribution in [0, 0.1) is 5.82 Å². The molecule has 2 aromatic carbocycles. The van der Waals surface area contributed by atoms with E-state index in [1.54, 1.807) is 18.2 Å². The van der Waals surface area contributed by atoms with Gasteiger partial charge in [0.25, 0.3) is 0 Å². The summed E-state index contributed by atoms with van der Waals surface area (Å²) in [5, 5.41) is 28.0. The van der Waals surface area contributed by atoms with Gasteiger partial charge in [-0.25, -0.2) is 4.39 Å². The van der Waals surface area contributed by atoms with Crippen molar-refractivity contribution in [3.8, 4) is 0 Å². The molecule has 0 aliphatic heterocycles. The largest absolute Gasteiger partial charge is 0.488 e. The minimum absolute atomic E-state index is 0.338. The lowest BCUT2D eigenvalue weighted by Gasteiger charge is -2.12. The zero-order valence-electron chi connectivity index (χ0n) is 9.49. The van der Waals surface area contributed by atoms with Crippen molar-refractivity contribution >= 4 is 12.6 Å². The molecule has 0 heterocycles. The van der Waals surface area contributed by atoms with Gasteiger partial charge >= 0.3 is 7.12 Å². The van der Waals surface area contributed by atoms with Gasteiger partial charge < -0.3 is 15.2 Å². The van der Waals surface area contributed by atoms with Gasteiger partial charge in [-0.3, -0.25) is 0 Å². The molecule has 92 valence electrons. The molecular weight excluding hydrogens is 234 g/mol. The first-order chi connectivity index (χ1) is 8.58. The Balaban J connectivity index is 2.26. The van der Waals surface area contributed by atoms with E-state index in [4.69, 9.17) is 10.0 Å². The zero-order chi connectivity index (χ0) is 13.1. The van der Waals surface area contributed by atoms with Crippen molar-refractivity contribution in [3.63, 3.8) is 0 Å². The van der Waals surface area contributed by atoms with E-state index in [0.29, 0.717) is 16.6 Å². The Morgan fingerprint density at radius 3 is 2.17 bits per heavy atom. The van der Waals surface area contributed by atoms with E-state index >= 15 is 0 Å². The lowest BCUT2D eigenvalue weighted by molar-refractivity contribution is 0.220. The molecule has 0 radical (unpaired) electrons. The van der Waals surface area contributed by atoms with Crippen LogP contribution in [0.25, 0.3) is 0 Å². The highest BCUT2D eigenvalue weighted by Crippen LogP contribution is 2.21. The SMILES string of the molecule is OB(O)c1ccc([C@H](O)c2cccc(F)c2)cc1. The molecule has 0 aliphatic carbocycles. The molecule has 0 saturated heterocycles. The fourth-order valence-corrected chi connectivity index (χ4v) is 1.72. The summed E-state index contributed by atoms with van der Waals surface area (Å²) in [6, 6.07) is 11.9. The Bertz CT molecular complexity index is 528. The summed E-state index contributed by atoms with van der Waals surface area (Å²) in [5.41, 5.74) is 1.35. The highest BCUT2D eigenvalue weighted by atomic mass is 19.1. The molecule has 3 N–H and O–H groups in total. The highest BCUT2D eigenvalue weighted by Gasteiger charge is 2.14. The molecule has 2 rings (SSSR count). The zero-order valence-corrected chi connectivity index (χ0v) is 9.49. The summed E-state index contributed by atoms with van der Waals surface area (Å²) in [6.45, 7) is 0. The average Bonchev–Trinajstić information content (AvgIpc) is 2.38. The summed E-state index contributed by atoms with van der Waals surface area (Å²) in [6.07, 6.45) is -0.939. The van der Waals surface area contributed by atoms with Gasteiger partial charge in [0.05, 0.1) is 0 Å². The molecule has 0 saturated carbocycles. The van der Waals surface area contributed by atoms with Crippen LogP contribution in [0.3, 0.4) is 0 Å². The fraction of sp³-hybridized carbons (Fsp3) is 0.0769. The summed E-state index contributed by atoms with van der Waals surface area (Å²) in [5.74, 6) is -0.408. The molecule has 0 amide bonds. The van der Waals surface area contributed by atoms with Gasteiger partial charge in [0.2, 0.25) is 0 Å². The minimum atomic E-state index is -1.54. The normalized spacial score (nSPS) is 12.2. The topological polar surface area (TPSA) is 60.7 Å². The second kappa shape index (κ2) is 5.31. The summed E-state index contributed by atoms with van der Waals surface area (Å²) >= 11 is 0. The summed E-state index contributed by atoms with van der Waals surface area (Å²) in [7, 11) is -1.54. The fourth-order valence-electron chi connectivity index (χ4n) is 1.72. The highest BCUT2D eigenvalue weighted by molar-refractivity contribution is 6.58. The number of hydrogen-bond acceptors (Lipinski definition) is 3. The van der Waals surface area contributed by atoms with Gasteiger partial charge in [-0.05, 0) is 28.7 Å². The Labute approximate surface area is 104 Å². The quantitative estimate of drug-likeness (QED) is 0.694. The molecule has 1 atom stereocenters. The molecule has 0 aliphatic rings. The predicted molar refractivity (Wildman–Crippen MR) is 66.7 cm³/mol. The lowest BCUT2D eigenvalue weighted by atomic mass is 9.80. The molecule has 3 nitrogen and oxygen atoms in total. The van der Waals surface area contributed by atoms with E-state index in [9.17, 15) is 9.50 Å². The molecular formula is C13H12BFO3. The van der Waals surface area contributed by atoms with Crippen molar-refractivity contribution in [2.45, 2.75) is 6.10 Å². The standard InChI is InChI=1S/C13H12BFO3/c15-12-3-1-2-10(8-12)13(16)9-4-6-11(7-5-9)14(17)18/h1-8,13,16-18H/t13-/m0/s1. The van der Waals surface area contributed by atoms with E-state index in [1.165, 1.54) is 30.3 Å². The molecule has 0 fully saturated rings. The van der Waals surface area contributed by atoms with Gasteiger partial charge in [-0.1, -0.05) is 36.4 Å². The van der Waals surface area contributed by atoms with E-state index < -0.39 is 19.0 Å². The van der Waals surface area contributed by atoms with Gasteiger partial charge in [0, 0.05) is 0 Å². The van der Waals surface area contributed by atoms with Crippen molar-refractivity contribution < 1.29 is 19.5 Å². The van der Waals surface area contributed by atoms with Crippen LogP contribution >= 0.6 is 0 Å². The third-order valence-electron chi connectivity index (χ3n) is 2.71. The number of halogens is 1. The maximum atomic E-state index is 13.0. The molecule has 0 bridgehead atoms. The van der Waals surface area contributed by atoms with Gasteiger partial charge in [0.15, 0.2) is 0 Å². The van der Waals surface area contributed by atoms with Crippen molar-refractivity contribution in [2.75, 3.05) is 0 Å². The summed E-state index contributed by atoms with van der Waals surface area (Å²) in [4.78, 5) is 0. The van der Waals surface area contributed by atoms with Crippen molar-refractivity contribution in [1.82, 2.24) is 0 Å². The second-order valence-corrected chi connectivity index (χ2v) is 4.00. The minimum Gasteiger partial charge on any atom is -0.423 e. The van der Waals surface area contributed by atoms with Crippen LogP contribution < -0.4 is 5.46 Å². The number of rotatable bonds is 3. The Morgan fingerprint density at radius 1 is 0.944 bits per heavy atom. The average molecular weight is 246 g/mol. The van der Waals surface area contributed by atoms with Crippen molar-refractivity contribution in [3.05, 3.63) is 65.5 Å². The molecule has 0 aromatic heterocycles. The predicted octanol–water partition coefficient (Wildman–Crippen LogP) is 0.587. The van der Waals surface area contributed by atoms with Crippen LogP contribution in [0.2, 0.25) is 0 Å². The number of benzene rings is 2. The second-order valence-electron chi connectivity index (χ2n) is 4.00. The van der Waals surface area contributed by atoms with E-state index in [1.807, 2.05) is 0 Å². The van der Waals surface area contributed by atoms with Crippen LogP contribution in [-0.4, -0.2) is 22.3 Å². The van der Waals surface area contributed by atoms with Gasteiger partial charge in [0.1, 0.15) is 11.9 Å². The summed E-state index contributed by atoms with van der Waals surface area (Å²) < 4.78 is 13.0. The molecule has 5 heteroatoms. The van der Waals surface area contributed by atoms with E-state index in [2.05, 4.69) is 0 Å². The first kappa shape index (κ1) is 12.8. The maximum Gasteiger partial charge on any atom is 0.488 e. The first-order valence-corrected chi connectivity index (χ1v) is 5.47. The van der Waals surface area contributed by atoms with Crippen LogP contribution in [-0.2, 0) is 0 Å². The molecule has 2 aromatic rings. The third kappa shape index (κ3) is 2.76.